The van der Waals surface area contributed by atoms with Gasteiger partial charge in [0.1, 0.15) is 0 Å². The van der Waals surface area contributed by atoms with Gasteiger partial charge in [-0.1, -0.05) is 0 Å². The van der Waals surface area contributed by atoms with Crippen LogP contribution in [0.25, 0.3) is 0 Å². The molecule has 2 heterocycles. The first-order valence-electron chi connectivity index (χ1n) is 5.45. The van der Waals surface area contributed by atoms with Crippen molar-refractivity contribution in [2.45, 2.75) is 31.3 Å². The molecule has 2 aliphatic rings. The van der Waals surface area contributed by atoms with Gasteiger partial charge in [0.2, 0.25) is 0 Å². The second kappa shape index (κ2) is 4.31. The number of rotatable bonds is 2. The van der Waals surface area contributed by atoms with E-state index in [0.29, 0.717) is 12.1 Å². The second-order valence-corrected chi connectivity index (χ2v) is 7.31. The minimum atomic E-state index is 0.586. The van der Waals surface area contributed by atoms with Gasteiger partial charge in [-0.15, -0.1) is 11.3 Å². The molecule has 82 valence electrons. The molecule has 15 heavy (non-hydrogen) atoms. The summed E-state index contributed by atoms with van der Waals surface area (Å²) in [7, 11) is 0. The van der Waals surface area contributed by atoms with Crippen LogP contribution in [-0.4, -0.2) is 19.3 Å². The fourth-order valence-corrected chi connectivity index (χ4v) is 4.43. The summed E-state index contributed by atoms with van der Waals surface area (Å²) in [6, 6.07) is 3.54. The van der Waals surface area contributed by atoms with Gasteiger partial charge in [-0.05, 0) is 53.5 Å². The Hall–Kier alpha value is 0.350. The summed E-state index contributed by atoms with van der Waals surface area (Å²) in [6.45, 7) is 1.79. The van der Waals surface area contributed by atoms with Crippen LogP contribution >= 0.6 is 33.9 Å². The monoisotopic (exact) mass is 335 g/mol. The summed E-state index contributed by atoms with van der Waals surface area (Å²) in [5, 5.41) is 3.70. The molecule has 1 aliphatic carbocycles. The Morgan fingerprint density at radius 1 is 1.47 bits per heavy atom. The molecule has 1 fully saturated rings. The minimum Gasteiger partial charge on any atom is -0.378 e. The zero-order chi connectivity index (χ0) is 10.3. The zero-order valence-electron chi connectivity index (χ0n) is 8.46. The summed E-state index contributed by atoms with van der Waals surface area (Å²) >= 11 is 4.40. The minimum absolute atomic E-state index is 0.586. The SMILES string of the molecule is Ic1cc2c(s1)CCCC2NC1COC1. The Balaban J connectivity index is 1.78. The van der Waals surface area contributed by atoms with E-state index in [1.807, 2.05) is 11.3 Å². The fraction of sp³-hybridized carbons (Fsp3) is 0.636. The standard InChI is InChI=1S/C11H14INOS/c12-11-4-8-9(13-7-5-14-6-7)2-1-3-10(8)15-11/h4,7,9,13H,1-3,5-6H2. The van der Waals surface area contributed by atoms with Gasteiger partial charge in [0.05, 0.1) is 22.1 Å². The molecule has 2 nitrogen and oxygen atoms in total. The van der Waals surface area contributed by atoms with Crippen molar-refractivity contribution in [2.24, 2.45) is 0 Å². The van der Waals surface area contributed by atoms with Crippen LogP contribution in [0.15, 0.2) is 6.07 Å². The van der Waals surface area contributed by atoms with E-state index >= 15 is 0 Å². The lowest BCUT2D eigenvalue weighted by atomic mass is 9.93. The molecule has 1 aromatic rings. The van der Waals surface area contributed by atoms with Crippen LogP contribution in [0.4, 0.5) is 0 Å². The normalized spacial score (nSPS) is 26.1. The Morgan fingerprint density at radius 2 is 2.33 bits per heavy atom. The van der Waals surface area contributed by atoms with Crippen molar-refractivity contribution in [1.82, 2.24) is 5.32 Å². The van der Waals surface area contributed by atoms with E-state index < -0.39 is 0 Å². The molecule has 1 atom stereocenters. The van der Waals surface area contributed by atoms with Crippen LogP contribution in [0.2, 0.25) is 0 Å². The van der Waals surface area contributed by atoms with Crippen molar-refractivity contribution >= 4 is 33.9 Å². The fourth-order valence-electron chi connectivity index (χ4n) is 2.31. The van der Waals surface area contributed by atoms with Gasteiger partial charge in [0.15, 0.2) is 0 Å². The maximum atomic E-state index is 5.21. The first-order chi connectivity index (χ1) is 7.33. The molecular weight excluding hydrogens is 321 g/mol. The molecule has 1 unspecified atom stereocenters. The largest absolute Gasteiger partial charge is 0.378 e. The van der Waals surface area contributed by atoms with Crippen molar-refractivity contribution in [1.29, 1.82) is 0 Å². The lowest BCUT2D eigenvalue weighted by Crippen LogP contribution is -2.47. The van der Waals surface area contributed by atoms with Gasteiger partial charge in [-0.2, -0.15) is 0 Å². The summed E-state index contributed by atoms with van der Waals surface area (Å²) in [6.07, 6.45) is 3.90. The molecule has 4 heteroatoms. The summed E-state index contributed by atoms with van der Waals surface area (Å²) < 4.78 is 6.64. The van der Waals surface area contributed by atoms with E-state index in [1.54, 1.807) is 10.4 Å². The summed E-state index contributed by atoms with van der Waals surface area (Å²) in [5.41, 5.74) is 1.56. The molecule has 0 saturated carbocycles. The Bertz CT molecular complexity index is 361. The smallest absolute Gasteiger partial charge is 0.0659 e. The molecule has 3 rings (SSSR count). The van der Waals surface area contributed by atoms with Crippen LogP contribution < -0.4 is 5.32 Å². The number of halogens is 1. The van der Waals surface area contributed by atoms with Gasteiger partial charge in [-0.3, -0.25) is 0 Å². The highest BCUT2D eigenvalue weighted by atomic mass is 127. The topological polar surface area (TPSA) is 21.3 Å². The molecule has 0 bridgehead atoms. The van der Waals surface area contributed by atoms with Gasteiger partial charge < -0.3 is 10.1 Å². The van der Waals surface area contributed by atoms with Gasteiger partial charge >= 0.3 is 0 Å². The number of ether oxygens (including phenoxy) is 1. The van der Waals surface area contributed by atoms with Gasteiger partial charge in [-0.25, -0.2) is 0 Å². The third-order valence-electron chi connectivity index (χ3n) is 3.16. The van der Waals surface area contributed by atoms with Crippen LogP contribution in [0.1, 0.15) is 29.3 Å². The maximum Gasteiger partial charge on any atom is 0.0659 e. The van der Waals surface area contributed by atoms with Gasteiger partial charge in [0.25, 0.3) is 0 Å². The molecular formula is C11H14INOS. The van der Waals surface area contributed by atoms with Crippen molar-refractivity contribution in [3.05, 3.63) is 19.4 Å². The van der Waals surface area contributed by atoms with E-state index in [0.717, 1.165) is 13.2 Å². The van der Waals surface area contributed by atoms with E-state index in [-0.39, 0.29) is 0 Å². The van der Waals surface area contributed by atoms with Crippen LogP contribution in [0.3, 0.4) is 0 Å². The highest BCUT2D eigenvalue weighted by Gasteiger charge is 2.27. The van der Waals surface area contributed by atoms with E-state index in [4.69, 9.17) is 4.74 Å². The van der Waals surface area contributed by atoms with Crippen molar-refractivity contribution in [3.63, 3.8) is 0 Å². The van der Waals surface area contributed by atoms with Crippen LogP contribution in [-0.2, 0) is 11.2 Å². The summed E-state index contributed by atoms with van der Waals surface area (Å²) in [4.78, 5) is 1.60. The molecule has 1 aliphatic heterocycles. The molecule has 0 amide bonds. The highest BCUT2D eigenvalue weighted by molar-refractivity contribution is 14.1. The maximum absolute atomic E-state index is 5.21. The quantitative estimate of drug-likeness (QED) is 0.839. The van der Waals surface area contributed by atoms with Crippen molar-refractivity contribution in [3.8, 4) is 0 Å². The van der Waals surface area contributed by atoms with E-state index in [2.05, 4.69) is 34.0 Å². The predicted octanol–water partition coefficient (Wildman–Crippen LogP) is 2.72. The Labute approximate surface area is 108 Å². The summed E-state index contributed by atoms with van der Waals surface area (Å²) in [5.74, 6) is 0. The lowest BCUT2D eigenvalue weighted by Gasteiger charge is -2.33. The van der Waals surface area contributed by atoms with Gasteiger partial charge in [0, 0.05) is 10.9 Å². The zero-order valence-corrected chi connectivity index (χ0v) is 11.4. The molecule has 1 N–H and O–H groups in total. The number of hydrogen-bond acceptors (Lipinski definition) is 3. The number of fused-ring (bicyclic) bond motifs is 1. The second-order valence-electron chi connectivity index (χ2n) is 4.27. The first kappa shape index (κ1) is 10.5. The molecule has 1 saturated heterocycles. The number of aryl methyl sites for hydroxylation is 1. The molecule has 0 radical (unpaired) electrons. The number of nitrogens with one attached hydrogen (secondary N) is 1. The van der Waals surface area contributed by atoms with Crippen molar-refractivity contribution in [2.75, 3.05) is 13.2 Å². The molecule has 0 aromatic carbocycles. The van der Waals surface area contributed by atoms with Crippen LogP contribution in [0, 0.1) is 2.88 Å². The lowest BCUT2D eigenvalue weighted by molar-refractivity contribution is -0.0109. The van der Waals surface area contributed by atoms with Crippen LogP contribution in [0.5, 0.6) is 0 Å². The highest BCUT2D eigenvalue weighted by Crippen LogP contribution is 2.36. The Kier molecular flexibility index (Phi) is 3.02. The van der Waals surface area contributed by atoms with E-state index in [1.165, 1.54) is 22.1 Å². The molecule has 1 aromatic heterocycles. The average molecular weight is 335 g/mol. The first-order valence-corrected chi connectivity index (χ1v) is 7.34. The number of hydrogen-bond donors (Lipinski definition) is 1. The third-order valence-corrected chi connectivity index (χ3v) is 5.13. The molecule has 0 spiro atoms. The van der Waals surface area contributed by atoms with E-state index in [9.17, 15) is 0 Å². The van der Waals surface area contributed by atoms with Crippen molar-refractivity contribution < 1.29 is 4.74 Å². The third kappa shape index (κ3) is 2.09. The predicted molar refractivity (Wildman–Crippen MR) is 70.5 cm³/mol. The average Bonchev–Trinajstić information content (AvgIpc) is 2.52. The Morgan fingerprint density at radius 3 is 3.07 bits per heavy atom. The number of thiophene rings is 1.